The third-order valence-electron chi connectivity index (χ3n) is 3.52. The quantitative estimate of drug-likeness (QED) is 0.764. The molecule has 0 unspecified atom stereocenters. The number of ether oxygens (including phenoxy) is 2. The summed E-state index contributed by atoms with van der Waals surface area (Å²) in [5.74, 6) is -0.483. The van der Waals surface area contributed by atoms with Crippen LogP contribution in [0.25, 0.3) is 0 Å². The second-order valence-electron chi connectivity index (χ2n) is 6.18. The van der Waals surface area contributed by atoms with E-state index in [1.54, 1.807) is 63.2 Å². The van der Waals surface area contributed by atoms with E-state index in [0.717, 1.165) is 5.56 Å². The zero-order valence-corrected chi connectivity index (χ0v) is 15.5. The number of carbonyl (C=O) groups is 2. The maximum Gasteiger partial charge on any atom is 0.341 e. The Bertz CT molecular complexity index is 819. The zero-order chi connectivity index (χ0) is 19.3. The van der Waals surface area contributed by atoms with E-state index in [4.69, 9.17) is 26.2 Å². The van der Waals surface area contributed by atoms with Gasteiger partial charge in [-0.25, -0.2) is 4.79 Å². The highest BCUT2D eigenvalue weighted by Gasteiger charge is 2.30. The molecule has 1 amide bonds. The molecule has 0 spiro atoms. The molecular formula is C19H20ClNO5. The normalized spacial score (nSPS) is 10.9. The summed E-state index contributed by atoms with van der Waals surface area (Å²) < 4.78 is 10.9. The van der Waals surface area contributed by atoms with E-state index in [2.05, 4.69) is 5.32 Å². The van der Waals surface area contributed by atoms with E-state index in [1.807, 2.05) is 0 Å². The van der Waals surface area contributed by atoms with Gasteiger partial charge in [0.2, 0.25) is 0 Å². The number of carboxylic acids is 1. The largest absolute Gasteiger partial charge is 0.482 e. The van der Waals surface area contributed by atoms with Crippen LogP contribution in [0.1, 0.15) is 19.4 Å². The molecule has 2 rings (SSSR count). The van der Waals surface area contributed by atoms with E-state index in [0.29, 0.717) is 22.2 Å². The molecule has 0 saturated heterocycles. The van der Waals surface area contributed by atoms with Gasteiger partial charge in [-0.1, -0.05) is 17.7 Å². The van der Waals surface area contributed by atoms with Gasteiger partial charge in [0.05, 0.1) is 0 Å². The van der Waals surface area contributed by atoms with Gasteiger partial charge in [-0.3, -0.25) is 4.79 Å². The van der Waals surface area contributed by atoms with Gasteiger partial charge in [-0.05, 0) is 62.7 Å². The van der Waals surface area contributed by atoms with Crippen LogP contribution in [0.3, 0.4) is 0 Å². The first-order chi connectivity index (χ1) is 12.2. The Morgan fingerprint density at radius 3 is 2.50 bits per heavy atom. The lowest BCUT2D eigenvalue weighted by Gasteiger charge is -2.26. The van der Waals surface area contributed by atoms with Crippen LogP contribution >= 0.6 is 11.6 Å². The highest BCUT2D eigenvalue weighted by Crippen LogP contribution is 2.25. The summed E-state index contributed by atoms with van der Waals surface area (Å²) >= 11 is 5.93. The van der Waals surface area contributed by atoms with E-state index < -0.39 is 18.2 Å². The zero-order valence-electron chi connectivity index (χ0n) is 14.7. The van der Waals surface area contributed by atoms with Crippen molar-refractivity contribution in [1.29, 1.82) is 0 Å². The number of nitrogens with one attached hydrogen (secondary N) is 1. The molecule has 7 heteroatoms. The molecule has 0 fully saturated rings. The fraction of sp³-hybridized carbons (Fsp3) is 0.263. The van der Waals surface area contributed by atoms with Gasteiger partial charge in [-0.2, -0.15) is 0 Å². The van der Waals surface area contributed by atoms with Gasteiger partial charge in [0, 0.05) is 10.7 Å². The van der Waals surface area contributed by atoms with Crippen LogP contribution in [0, 0.1) is 6.92 Å². The van der Waals surface area contributed by atoms with Gasteiger partial charge in [0.25, 0.3) is 5.91 Å². The molecule has 0 aliphatic carbocycles. The SMILES string of the molecule is Cc1cc(OCC(=O)O)ccc1NC(=O)C(C)(C)Oc1cccc(Cl)c1. The topological polar surface area (TPSA) is 84.9 Å². The molecule has 0 bridgehead atoms. The first kappa shape index (κ1) is 19.6. The van der Waals surface area contributed by atoms with Crippen LogP contribution in [0.4, 0.5) is 5.69 Å². The van der Waals surface area contributed by atoms with Gasteiger partial charge in [-0.15, -0.1) is 0 Å². The summed E-state index contributed by atoms with van der Waals surface area (Å²) in [5, 5.41) is 12.0. The molecule has 2 aromatic rings. The molecule has 2 aromatic carbocycles. The number of carbonyl (C=O) groups excluding carboxylic acids is 1. The second kappa shape index (κ2) is 8.10. The minimum Gasteiger partial charge on any atom is -0.482 e. The van der Waals surface area contributed by atoms with Gasteiger partial charge in [0.1, 0.15) is 11.5 Å². The van der Waals surface area contributed by atoms with Crippen molar-refractivity contribution in [3.63, 3.8) is 0 Å². The molecular weight excluding hydrogens is 358 g/mol. The summed E-state index contributed by atoms with van der Waals surface area (Å²) in [6, 6.07) is 11.7. The molecule has 138 valence electrons. The van der Waals surface area contributed by atoms with Crippen LogP contribution in [-0.4, -0.2) is 29.2 Å². The van der Waals surface area contributed by atoms with Crippen molar-refractivity contribution in [2.24, 2.45) is 0 Å². The number of halogens is 1. The van der Waals surface area contributed by atoms with Crippen LogP contribution in [0.2, 0.25) is 5.02 Å². The molecule has 0 heterocycles. The van der Waals surface area contributed by atoms with Crippen LogP contribution < -0.4 is 14.8 Å². The average Bonchev–Trinajstić information content (AvgIpc) is 2.54. The molecule has 0 aliphatic rings. The number of carboxylic acid groups (broad SMARTS) is 1. The fourth-order valence-corrected chi connectivity index (χ4v) is 2.34. The van der Waals surface area contributed by atoms with E-state index in [9.17, 15) is 9.59 Å². The monoisotopic (exact) mass is 377 g/mol. The molecule has 26 heavy (non-hydrogen) atoms. The van der Waals surface area contributed by atoms with Gasteiger partial charge < -0.3 is 19.9 Å². The van der Waals surface area contributed by atoms with E-state index in [-0.39, 0.29) is 5.91 Å². The summed E-state index contributed by atoms with van der Waals surface area (Å²) in [6.45, 7) is 4.67. The number of hydrogen-bond acceptors (Lipinski definition) is 4. The Hall–Kier alpha value is -2.73. The van der Waals surface area contributed by atoms with Crippen molar-refractivity contribution in [2.45, 2.75) is 26.4 Å². The highest BCUT2D eigenvalue weighted by atomic mass is 35.5. The van der Waals surface area contributed by atoms with Crippen LogP contribution in [0.5, 0.6) is 11.5 Å². The summed E-state index contributed by atoms with van der Waals surface area (Å²) in [7, 11) is 0. The van der Waals surface area contributed by atoms with Gasteiger partial charge >= 0.3 is 5.97 Å². The molecule has 0 aliphatic heterocycles. The molecule has 6 nitrogen and oxygen atoms in total. The standard InChI is InChI=1S/C19H20ClNO5/c1-12-9-14(25-11-17(22)23)7-8-16(12)21-18(24)19(2,3)26-15-6-4-5-13(20)10-15/h4-10H,11H2,1-3H3,(H,21,24)(H,22,23). The second-order valence-corrected chi connectivity index (χ2v) is 6.62. The maximum absolute atomic E-state index is 12.6. The Morgan fingerprint density at radius 1 is 1.15 bits per heavy atom. The number of aliphatic carboxylic acids is 1. The summed E-state index contributed by atoms with van der Waals surface area (Å²) in [4.78, 5) is 23.1. The summed E-state index contributed by atoms with van der Waals surface area (Å²) in [6.07, 6.45) is 0. The van der Waals surface area contributed by atoms with Crippen molar-refractivity contribution in [2.75, 3.05) is 11.9 Å². The minimum atomic E-state index is -1.13. The number of hydrogen-bond donors (Lipinski definition) is 2. The number of rotatable bonds is 7. The Labute approximate surface area is 156 Å². The van der Waals surface area contributed by atoms with E-state index in [1.165, 1.54) is 0 Å². The fourth-order valence-electron chi connectivity index (χ4n) is 2.16. The molecule has 2 N–H and O–H groups in total. The first-order valence-electron chi connectivity index (χ1n) is 7.88. The van der Waals surface area contributed by atoms with Crippen molar-refractivity contribution < 1.29 is 24.2 Å². The van der Waals surface area contributed by atoms with Crippen molar-refractivity contribution in [3.8, 4) is 11.5 Å². The minimum absolute atomic E-state index is 0.334. The predicted octanol–water partition coefficient (Wildman–Crippen LogP) is 3.91. The van der Waals surface area contributed by atoms with Gasteiger partial charge in [0.15, 0.2) is 12.2 Å². The molecule has 0 radical (unpaired) electrons. The predicted molar refractivity (Wildman–Crippen MR) is 99.1 cm³/mol. The number of amides is 1. The first-order valence-corrected chi connectivity index (χ1v) is 8.26. The lowest BCUT2D eigenvalue weighted by Crippen LogP contribution is -2.42. The lowest BCUT2D eigenvalue weighted by molar-refractivity contribution is -0.139. The lowest BCUT2D eigenvalue weighted by atomic mass is 10.1. The smallest absolute Gasteiger partial charge is 0.341 e. The Morgan fingerprint density at radius 2 is 1.88 bits per heavy atom. The average molecular weight is 378 g/mol. The molecule has 0 atom stereocenters. The number of anilines is 1. The molecule has 0 aromatic heterocycles. The van der Waals surface area contributed by atoms with E-state index >= 15 is 0 Å². The van der Waals surface area contributed by atoms with Crippen molar-refractivity contribution >= 4 is 29.2 Å². The Kier molecular flexibility index (Phi) is 6.10. The highest BCUT2D eigenvalue weighted by molar-refractivity contribution is 6.30. The van der Waals surface area contributed by atoms with Crippen molar-refractivity contribution in [1.82, 2.24) is 0 Å². The third kappa shape index (κ3) is 5.39. The summed E-state index contributed by atoms with van der Waals surface area (Å²) in [5.41, 5.74) is 0.190. The third-order valence-corrected chi connectivity index (χ3v) is 3.76. The van der Waals surface area contributed by atoms with Crippen molar-refractivity contribution in [3.05, 3.63) is 53.1 Å². The van der Waals surface area contributed by atoms with Crippen LogP contribution in [-0.2, 0) is 9.59 Å². The Balaban J connectivity index is 2.06. The number of benzene rings is 2. The molecule has 0 saturated carbocycles. The number of aryl methyl sites for hydroxylation is 1. The van der Waals surface area contributed by atoms with Crippen LogP contribution in [0.15, 0.2) is 42.5 Å². The maximum atomic E-state index is 12.6.